The van der Waals surface area contributed by atoms with Crippen molar-refractivity contribution in [2.24, 2.45) is 0 Å². The molecule has 0 saturated heterocycles. The summed E-state index contributed by atoms with van der Waals surface area (Å²) in [5.41, 5.74) is 4.11. The summed E-state index contributed by atoms with van der Waals surface area (Å²) in [7, 11) is 0. The molecular formula is C14H17N5O. The van der Waals surface area contributed by atoms with E-state index in [4.69, 9.17) is 0 Å². The Morgan fingerprint density at radius 1 is 1.40 bits per heavy atom. The van der Waals surface area contributed by atoms with Gasteiger partial charge in [0.2, 0.25) is 6.41 Å². The Morgan fingerprint density at radius 3 is 2.90 bits per heavy atom. The van der Waals surface area contributed by atoms with Crippen molar-refractivity contribution >= 4 is 6.41 Å². The number of pyridine rings is 1. The number of nitrogens with zero attached hydrogens (tertiary/aromatic N) is 5. The molecule has 1 aliphatic heterocycles. The summed E-state index contributed by atoms with van der Waals surface area (Å²) in [5.74, 6) is 0.816. The fourth-order valence-corrected chi connectivity index (χ4v) is 2.70. The molecule has 0 fully saturated rings. The van der Waals surface area contributed by atoms with Crippen molar-refractivity contribution in [3.8, 4) is 5.82 Å². The van der Waals surface area contributed by atoms with E-state index in [-0.39, 0.29) is 6.04 Å². The van der Waals surface area contributed by atoms with Crippen LogP contribution in [0.25, 0.3) is 5.82 Å². The molecule has 0 saturated carbocycles. The molecule has 1 atom stereocenters. The summed E-state index contributed by atoms with van der Waals surface area (Å²) in [5, 5.41) is 8.49. The molecule has 2 aromatic rings. The van der Waals surface area contributed by atoms with Crippen LogP contribution in [0.1, 0.15) is 35.5 Å². The topological polar surface area (TPSA) is 63.9 Å². The van der Waals surface area contributed by atoms with E-state index in [9.17, 15) is 4.79 Å². The highest BCUT2D eigenvalue weighted by atomic mass is 16.1. The average Bonchev–Trinajstić information content (AvgIpc) is 2.84. The van der Waals surface area contributed by atoms with E-state index >= 15 is 0 Å². The van der Waals surface area contributed by atoms with Crippen LogP contribution in [0.2, 0.25) is 0 Å². The van der Waals surface area contributed by atoms with Crippen molar-refractivity contribution in [1.82, 2.24) is 24.9 Å². The summed E-state index contributed by atoms with van der Waals surface area (Å²) in [6.07, 6.45) is 3.46. The van der Waals surface area contributed by atoms with Crippen molar-refractivity contribution in [3.05, 3.63) is 34.8 Å². The van der Waals surface area contributed by atoms with Gasteiger partial charge in [-0.1, -0.05) is 11.3 Å². The quantitative estimate of drug-likeness (QED) is 0.774. The molecule has 0 aliphatic carbocycles. The molecule has 104 valence electrons. The van der Waals surface area contributed by atoms with Gasteiger partial charge in [0, 0.05) is 19.2 Å². The van der Waals surface area contributed by atoms with Crippen molar-refractivity contribution < 1.29 is 4.79 Å². The zero-order valence-electron chi connectivity index (χ0n) is 11.9. The van der Waals surface area contributed by atoms with Gasteiger partial charge in [-0.05, 0) is 31.9 Å². The lowest BCUT2D eigenvalue weighted by Gasteiger charge is -2.28. The molecule has 3 heterocycles. The fraction of sp³-hybridized carbons (Fsp3) is 0.429. The molecule has 0 radical (unpaired) electrons. The number of hydrogen-bond acceptors (Lipinski definition) is 4. The maximum Gasteiger partial charge on any atom is 0.210 e. The minimum Gasteiger partial charge on any atom is -0.336 e. The number of rotatable bonds is 2. The molecule has 0 bridgehead atoms. The second-order valence-electron chi connectivity index (χ2n) is 5.26. The number of aromatic nitrogens is 4. The molecule has 6 nitrogen and oxygen atoms in total. The molecular weight excluding hydrogens is 254 g/mol. The van der Waals surface area contributed by atoms with Gasteiger partial charge in [-0.3, -0.25) is 4.79 Å². The van der Waals surface area contributed by atoms with Crippen LogP contribution in [0.15, 0.2) is 12.3 Å². The first-order chi connectivity index (χ1) is 9.61. The monoisotopic (exact) mass is 271 g/mol. The van der Waals surface area contributed by atoms with E-state index in [1.54, 1.807) is 4.90 Å². The predicted octanol–water partition coefficient (Wildman–Crippen LogP) is 1.35. The van der Waals surface area contributed by atoms with Crippen LogP contribution >= 0.6 is 0 Å². The largest absolute Gasteiger partial charge is 0.336 e. The van der Waals surface area contributed by atoms with Gasteiger partial charge in [0.1, 0.15) is 5.69 Å². The fourth-order valence-electron chi connectivity index (χ4n) is 2.70. The number of hydrogen-bond donors (Lipinski definition) is 0. The molecule has 0 spiro atoms. The van der Waals surface area contributed by atoms with Gasteiger partial charge in [0.15, 0.2) is 5.82 Å². The second kappa shape index (κ2) is 4.70. The standard InChI is InChI=1S/C14H17N5O/c1-9-6-10(2)14(15-7-9)19-12-4-5-18(8-20)11(3)13(12)16-17-19/h6-8,11H,4-5H2,1-3H3. The van der Waals surface area contributed by atoms with Crippen molar-refractivity contribution in [2.75, 3.05) is 6.54 Å². The van der Waals surface area contributed by atoms with Gasteiger partial charge < -0.3 is 4.90 Å². The summed E-state index contributed by atoms with van der Waals surface area (Å²) in [6.45, 7) is 6.70. The van der Waals surface area contributed by atoms with Crippen molar-refractivity contribution in [3.63, 3.8) is 0 Å². The number of fused-ring (bicyclic) bond motifs is 1. The van der Waals surface area contributed by atoms with Gasteiger partial charge in [-0.15, -0.1) is 5.10 Å². The molecule has 1 aliphatic rings. The molecule has 1 unspecified atom stereocenters. The van der Waals surface area contributed by atoms with E-state index in [0.717, 1.165) is 41.2 Å². The van der Waals surface area contributed by atoms with E-state index in [0.29, 0.717) is 6.54 Å². The number of amides is 1. The number of carbonyl (C=O) groups is 1. The summed E-state index contributed by atoms with van der Waals surface area (Å²) < 4.78 is 1.81. The second-order valence-corrected chi connectivity index (χ2v) is 5.26. The minimum atomic E-state index is -0.0317. The van der Waals surface area contributed by atoms with Crippen LogP contribution in [0.3, 0.4) is 0 Å². The van der Waals surface area contributed by atoms with Crippen LogP contribution in [-0.4, -0.2) is 37.8 Å². The Bertz CT molecular complexity index is 664. The Balaban J connectivity index is 2.08. The Morgan fingerprint density at radius 2 is 2.20 bits per heavy atom. The number of aryl methyl sites for hydroxylation is 2. The van der Waals surface area contributed by atoms with Gasteiger partial charge in [-0.25, -0.2) is 4.98 Å². The van der Waals surface area contributed by atoms with E-state index in [2.05, 4.69) is 21.4 Å². The first kappa shape index (κ1) is 12.8. The Kier molecular flexibility index (Phi) is 3.00. The first-order valence-corrected chi connectivity index (χ1v) is 6.71. The van der Waals surface area contributed by atoms with Crippen LogP contribution in [0.4, 0.5) is 0 Å². The highest BCUT2D eigenvalue weighted by molar-refractivity contribution is 5.50. The number of carbonyl (C=O) groups excluding carboxylic acids is 1. The van der Waals surface area contributed by atoms with Crippen LogP contribution in [0, 0.1) is 13.8 Å². The maximum absolute atomic E-state index is 11.0. The van der Waals surface area contributed by atoms with Crippen molar-refractivity contribution in [1.29, 1.82) is 0 Å². The molecule has 3 rings (SSSR count). The third-order valence-electron chi connectivity index (χ3n) is 3.82. The lowest BCUT2D eigenvalue weighted by atomic mass is 10.0. The van der Waals surface area contributed by atoms with Crippen LogP contribution in [0.5, 0.6) is 0 Å². The van der Waals surface area contributed by atoms with Gasteiger partial charge in [0.25, 0.3) is 0 Å². The summed E-state index contributed by atoms with van der Waals surface area (Å²) >= 11 is 0. The third-order valence-corrected chi connectivity index (χ3v) is 3.82. The zero-order chi connectivity index (χ0) is 14.3. The molecule has 1 amide bonds. The van der Waals surface area contributed by atoms with Crippen molar-refractivity contribution in [2.45, 2.75) is 33.2 Å². The van der Waals surface area contributed by atoms with Gasteiger partial charge in [-0.2, -0.15) is 4.68 Å². The summed E-state index contributed by atoms with van der Waals surface area (Å²) in [4.78, 5) is 17.2. The molecule has 6 heteroatoms. The lowest BCUT2D eigenvalue weighted by Crippen LogP contribution is -2.33. The maximum atomic E-state index is 11.0. The Labute approximate surface area is 117 Å². The minimum absolute atomic E-state index is 0.0317. The van der Waals surface area contributed by atoms with Gasteiger partial charge in [0.05, 0.1) is 11.7 Å². The van der Waals surface area contributed by atoms with E-state index < -0.39 is 0 Å². The smallest absolute Gasteiger partial charge is 0.210 e. The molecule has 0 aromatic carbocycles. The highest BCUT2D eigenvalue weighted by Gasteiger charge is 2.29. The Hall–Kier alpha value is -2.24. The van der Waals surface area contributed by atoms with E-state index in [1.165, 1.54) is 0 Å². The third kappa shape index (κ3) is 1.88. The van der Waals surface area contributed by atoms with Crippen LogP contribution in [-0.2, 0) is 11.2 Å². The highest BCUT2D eigenvalue weighted by Crippen LogP contribution is 2.27. The first-order valence-electron chi connectivity index (χ1n) is 6.71. The SMILES string of the molecule is Cc1cnc(-n2nnc3c2CCN(C=O)C3C)c(C)c1. The molecule has 20 heavy (non-hydrogen) atoms. The lowest BCUT2D eigenvalue weighted by molar-refractivity contribution is -0.120. The molecule has 2 aromatic heterocycles. The van der Waals surface area contributed by atoms with Gasteiger partial charge >= 0.3 is 0 Å². The summed E-state index contributed by atoms with van der Waals surface area (Å²) in [6, 6.07) is 2.05. The van der Waals surface area contributed by atoms with E-state index in [1.807, 2.05) is 31.6 Å². The normalized spacial score (nSPS) is 17.9. The molecule has 0 N–H and O–H groups in total. The average molecular weight is 271 g/mol. The zero-order valence-corrected chi connectivity index (χ0v) is 11.9. The predicted molar refractivity (Wildman–Crippen MR) is 73.5 cm³/mol. The van der Waals surface area contributed by atoms with Crippen LogP contribution < -0.4 is 0 Å².